The zero-order valence-electron chi connectivity index (χ0n) is 9.86. The number of nitrogens with two attached hydrogens (primary N) is 1. The molecule has 1 aromatic heterocycles. The predicted octanol–water partition coefficient (Wildman–Crippen LogP) is 2.75. The Morgan fingerprint density at radius 1 is 1.47 bits per heavy atom. The number of phenolic OH excluding ortho intramolecular Hbond substituents is 1. The monoisotopic (exact) mass is 233 g/mol. The zero-order valence-corrected chi connectivity index (χ0v) is 9.86. The summed E-state index contributed by atoms with van der Waals surface area (Å²) in [5, 5.41) is 10.6. The summed E-state index contributed by atoms with van der Waals surface area (Å²) in [6.45, 7) is 4.07. The van der Waals surface area contributed by atoms with Crippen LogP contribution in [0.1, 0.15) is 42.3 Å². The number of rotatable bonds is 3. The van der Waals surface area contributed by atoms with Gasteiger partial charge >= 0.3 is 0 Å². The standard InChI is InChI=1S/C13H15NO3/c1-3-7(2)9-6-11-8(4-10(9)15)5-12(17-11)13(14)16/h4-7,15H,3H2,1-2H3,(H2,14,16). The first-order chi connectivity index (χ1) is 8.02. The Balaban J connectivity index is 2.59. The Labute approximate surface area is 99.0 Å². The molecule has 1 atom stereocenters. The minimum Gasteiger partial charge on any atom is -0.508 e. The molecule has 0 bridgehead atoms. The Morgan fingerprint density at radius 3 is 2.76 bits per heavy atom. The van der Waals surface area contributed by atoms with E-state index in [4.69, 9.17) is 10.2 Å². The average Bonchev–Trinajstić information content (AvgIpc) is 2.69. The van der Waals surface area contributed by atoms with E-state index in [1.54, 1.807) is 12.1 Å². The molecule has 1 heterocycles. The summed E-state index contributed by atoms with van der Waals surface area (Å²) in [4.78, 5) is 11.0. The van der Waals surface area contributed by atoms with Crippen molar-refractivity contribution < 1.29 is 14.3 Å². The van der Waals surface area contributed by atoms with Crippen LogP contribution in [-0.4, -0.2) is 11.0 Å². The smallest absolute Gasteiger partial charge is 0.284 e. The highest BCUT2D eigenvalue weighted by Crippen LogP contribution is 2.33. The summed E-state index contributed by atoms with van der Waals surface area (Å²) in [5.74, 6) is -0.0309. The second kappa shape index (κ2) is 4.13. The quantitative estimate of drug-likeness (QED) is 0.855. The summed E-state index contributed by atoms with van der Waals surface area (Å²) in [6.07, 6.45) is 0.919. The lowest BCUT2D eigenvalue weighted by atomic mass is 9.97. The van der Waals surface area contributed by atoms with Gasteiger partial charge in [0.2, 0.25) is 0 Å². The topological polar surface area (TPSA) is 76.5 Å². The highest BCUT2D eigenvalue weighted by Gasteiger charge is 2.14. The van der Waals surface area contributed by atoms with Gasteiger partial charge in [-0.1, -0.05) is 13.8 Å². The highest BCUT2D eigenvalue weighted by atomic mass is 16.3. The molecule has 0 saturated heterocycles. The largest absolute Gasteiger partial charge is 0.508 e. The van der Waals surface area contributed by atoms with Gasteiger partial charge in [-0.15, -0.1) is 0 Å². The molecular formula is C13H15NO3. The summed E-state index contributed by atoms with van der Waals surface area (Å²) >= 11 is 0. The third kappa shape index (κ3) is 1.98. The van der Waals surface area contributed by atoms with Crippen molar-refractivity contribution in [2.24, 2.45) is 5.73 Å². The summed E-state index contributed by atoms with van der Waals surface area (Å²) < 4.78 is 5.33. The first-order valence-corrected chi connectivity index (χ1v) is 5.59. The Hall–Kier alpha value is -1.97. The summed E-state index contributed by atoms with van der Waals surface area (Å²) in [5.41, 5.74) is 6.54. The van der Waals surface area contributed by atoms with E-state index < -0.39 is 5.91 Å². The van der Waals surface area contributed by atoms with Gasteiger partial charge < -0.3 is 15.3 Å². The Bertz CT molecular complexity index is 571. The Morgan fingerprint density at radius 2 is 2.18 bits per heavy atom. The van der Waals surface area contributed by atoms with Gasteiger partial charge in [0.05, 0.1) is 0 Å². The maximum atomic E-state index is 11.0. The minimum atomic E-state index is -0.606. The van der Waals surface area contributed by atoms with Crippen LogP contribution in [0.2, 0.25) is 0 Å². The van der Waals surface area contributed by atoms with Crippen LogP contribution in [0.5, 0.6) is 5.75 Å². The van der Waals surface area contributed by atoms with E-state index in [1.807, 2.05) is 13.8 Å². The van der Waals surface area contributed by atoms with Gasteiger partial charge in [-0.3, -0.25) is 4.79 Å². The number of aromatic hydroxyl groups is 1. The lowest BCUT2D eigenvalue weighted by molar-refractivity contribution is 0.0976. The van der Waals surface area contributed by atoms with Crippen LogP contribution in [0.25, 0.3) is 11.0 Å². The fourth-order valence-electron chi connectivity index (χ4n) is 1.83. The van der Waals surface area contributed by atoms with Crippen molar-refractivity contribution in [1.82, 2.24) is 0 Å². The molecule has 17 heavy (non-hydrogen) atoms. The molecule has 0 saturated carbocycles. The molecule has 90 valence electrons. The van der Waals surface area contributed by atoms with Crippen molar-refractivity contribution in [3.05, 3.63) is 29.5 Å². The normalized spacial score (nSPS) is 12.8. The number of hydrogen-bond acceptors (Lipinski definition) is 3. The van der Waals surface area contributed by atoms with E-state index in [9.17, 15) is 9.90 Å². The van der Waals surface area contributed by atoms with Crippen molar-refractivity contribution in [2.45, 2.75) is 26.2 Å². The first kappa shape index (κ1) is 11.5. The van der Waals surface area contributed by atoms with E-state index in [2.05, 4.69) is 0 Å². The average molecular weight is 233 g/mol. The second-order valence-corrected chi connectivity index (χ2v) is 4.23. The number of carbonyl (C=O) groups excluding carboxylic acids is 1. The Kier molecular flexibility index (Phi) is 2.79. The molecule has 0 radical (unpaired) electrons. The molecule has 0 aliphatic rings. The molecule has 4 heteroatoms. The molecule has 2 aromatic rings. The van der Waals surface area contributed by atoms with Crippen LogP contribution in [0.15, 0.2) is 22.6 Å². The molecular weight excluding hydrogens is 218 g/mol. The van der Waals surface area contributed by atoms with E-state index >= 15 is 0 Å². The summed E-state index contributed by atoms with van der Waals surface area (Å²) in [7, 11) is 0. The lowest BCUT2D eigenvalue weighted by Gasteiger charge is -2.10. The van der Waals surface area contributed by atoms with Crippen LogP contribution >= 0.6 is 0 Å². The predicted molar refractivity (Wildman–Crippen MR) is 65.1 cm³/mol. The number of primary amides is 1. The van der Waals surface area contributed by atoms with E-state index in [1.165, 1.54) is 6.07 Å². The number of amides is 1. The molecule has 1 aromatic carbocycles. The van der Waals surface area contributed by atoms with Crippen LogP contribution < -0.4 is 5.73 Å². The van der Waals surface area contributed by atoms with Crippen LogP contribution in [0.3, 0.4) is 0 Å². The van der Waals surface area contributed by atoms with Crippen molar-refractivity contribution >= 4 is 16.9 Å². The fraction of sp³-hybridized carbons (Fsp3) is 0.308. The van der Waals surface area contributed by atoms with Gasteiger partial charge in [-0.05, 0) is 30.5 Å². The van der Waals surface area contributed by atoms with E-state index in [-0.39, 0.29) is 17.4 Å². The number of benzene rings is 1. The molecule has 3 N–H and O–H groups in total. The maximum absolute atomic E-state index is 11.0. The molecule has 1 unspecified atom stereocenters. The maximum Gasteiger partial charge on any atom is 0.284 e. The van der Waals surface area contributed by atoms with Crippen molar-refractivity contribution in [2.75, 3.05) is 0 Å². The van der Waals surface area contributed by atoms with Gasteiger partial charge in [0.1, 0.15) is 11.3 Å². The number of furan rings is 1. The fourth-order valence-corrected chi connectivity index (χ4v) is 1.83. The van der Waals surface area contributed by atoms with Crippen molar-refractivity contribution in [3.8, 4) is 5.75 Å². The number of carbonyl (C=O) groups is 1. The molecule has 1 amide bonds. The van der Waals surface area contributed by atoms with Gasteiger partial charge in [-0.2, -0.15) is 0 Å². The lowest BCUT2D eigenvalue weighted by Crippen LogP contribution is -2.08. The van der Waals surface area contributed by atoms with Crippen LogP contribution in [0.4, 0.5) is 0 Å². The third-order valence-corrected chi connectivity index (χ3v) is 3.05. The third-order valence-electron chi connectivity index (χ3n) is 3.05. The van der Waals surface area contributed by atoms with Crippen LogP contribution in [0, 0.1) is 0 Å². The number of fused-ring (bicyclic) bond motifs is 1. The summed E-state index contributed by atoms with van der Waals surface area (Å²) in [6, 6.07) is 4.91. The van der Waals surface area contributed by atoms with Gasteiger partial charge in [0.15, 0.2) is 5.76 Å². The SMILES string of the molecule is CCC(C)c1cc2oc(C(N)=O)cc2cc1O. The molecule has 2 rings (SSSR count). The van der Waals surface area contributed by atoms with Crippen LogP contribution in [-0.2, 0) is 0 Å². The van der Waals surface area contributed by atoms with E-state index in [0.717, 1.165) is 12.0 Å². The van der Waals surface area contributed by atoms with Crippen molar-refractivity contribution in [1.29, 1.82) is 0 Å². The zero-order chi connectivity index (χ0) is 12.6. The number of phenols is 1. The van der Waals surface area contributed by atoms with E-state index in [0.29, 0.717) is 11.0 Å². The second-order valence-electron chi connectivity index (χ2n) is 4.23. The minimum absolute atomic E-state index is 0.112. The van der Waals surface area contributed by atoms with Gasteiger partial charge in [-0.25, -0.2) is 0 Å². The molecule has 4 nitrogen and oxygen atoms in total. The highest BCUT2D eigenvalue weighted by molar-refractivity contribution is 5.95. The molecule has 0 spiro atoms. The molecule has 0 aliphatic heterocycles. The number of hydrogen-bond donors (Lipinski definition) is 2. The van der Waals surface area contributed by atoms with Gasteiger partial charge in [0, 0.05) is 10.9 Å². The van der Waals surface area contributed by atoms with Gasteiger partial charge in [0.25, 0.3) is 5.91 Å². The molecule has 0 aliphatic carbocycles. The molecule has 0 fully saturated rings. The first-order valence-electron chi connectivity index (χ1n) is 5.59. The van der Waals surface area contributed by atoms with Crippen molar-refractivity contribution in [3.63, 3.8) is 0 Å².